The molecular formula is C28H34N2O. The van der Waals surface area contributed by atoms with Gasteiger partial charge >= 0.3 is 0 Å². The van der Waals surface area contributed by atoms with Crippen molar-refractivity contribution in [2.24, 2.45) is 5.92 Å². The molecule has 3 heteroatoms. The quantitative estimate of drug-likeness (QED) is 0.410. The van der Waals surface area contributed by atoms with Crippen LogP contribution in [0.5, 0.6) is 5.75 Å². The van der Waals surface area contributed by atoms with Crippen LogP contribution in [0.1, 0.15) is 30.4 Å². The van der Waals surface area contributed by atoms with Gasteiger partial charge in [-0.2, -0.15) is 0 Å². The molecule has 3 aromatic carbocycles. The standard InChI is InChI=1S/C28H34N2O/c1-3-9-24(10-4-1)21-25-15-19-30(20-16-25)18-8-17-29-27-13-7-14-28(22-27)31-23-26-11-5-2-6-12-26/h1-7,9-14,22,25,29H,8,15-21,23H2. The molecule has 0 amide bonds. The summed E-state index contributed by atoms with van der Waals surface area (Å²) in [6.45, 7) is 5.24. The van der Waals surface area contributed by atoms with Crippen LogP contribution in [0, 0.1) is 5.92 Å². The van der Waals surface area contributed by atoms with Gasteiger partial charge in [0, 0.05) is 18.3 Å². The fourth-order valence-electron chi connectivity index (χ4n) is 4.33. The lowest BCUT2D eigenvalue weighted by Crippen LogP contribution is -2.35. The van der Waals surface area contributed by atoms with Gasteiger partial charge in [0.2, 0.25) is 0 Å². The van der Waals surface area contributed by atoms with Gasteiger partial charge in [0.15, 0.2) is 0 Å². The third-order valence-electron chi connectivity index (χ3n) is 6.14. The van der Waals surface area contributed by atoms with Crippen LogP contribution in [0.2, 0.25) is 0 Å². The average Bonchev–Trinajstić information content (AvgIpc) is 2.83. The van der Waals surface area contributed by atoms with Crippen LogP contribution in [0.3, 0.4) is 0 Å². The van der Waals surface area contributed by atoms with Gasteiger partial charge in [-0.1, -0.05) is 66.7 Å². The van der Waals surface area contributed by atoms with Crippen molar-refractivity contribution in [1.82, 2.24) is 4.90 Å². The van der Waals surface area contributed by atoms with E-state index < -0.39 is 0 Å². The molecule has 0 radical (unpaired) electrons. The molecule has 0 unspecified atom stereocenters. The monoisotopic (exact) mass is 414 g/mol. The maximum absolute atomic E-state index is 5.94. The molecule has 3 aromatic rings. The molecule has 3 nitrogen and oxygen atoms in total. The molecule has 1 saturated heterocycles. The van der Waals surface area contributed by atoms with Crippen molar-refractivity contribution in [3.63, 3.8) is 0 Å². The van der Waals surface area contributed by atoms with E-state index in [1.165, 1.54) is 56.4 Å². The number of hydrogen-bond acceptors (Lipinski definition) is 3. The second kappa shape index (κ2) is 11.6. The SMILES string of the molecule is c1ccc(COc2cccc(NCCCN3CCC(Cc4ccccc4)CC3)c2)cc1. The lowest BCUT2D eigenvalue weighted by Gasteiger charge is -2.32. The summed E-state index contributed by atoms with van der Waals surface area (Å²) >= 11 is 0. The number of rotatable bonds is 10. The first-order valence-electron chi connectivity index (χ1n) is 11.6. The molecule has 162 valence electrons. The van der Waals surface area contributed by atoms with Crippen LogP contribution in [-0.2, 0) is 13.0 Å². The second-order valence-electron chi connectivity index (χ2n) is 8.56. The fraction of sp³-hybridized carbons (Fsp3) is 0.357. The number of likely N-dealkylation sites (tertiary alicyclic amines) is 1. The average molecular weight is 415 g/mol. The van der Waals surface area contributed by atoms with Gasteiger partial charge in [-0.25, -0.2) is 0 Å². The predicted molar refractivity (Wildman–Crippen MR) is 130 cm³/mol. The summed E-state index contributed by atoms with van der Waals surface area (Å²) in [4.78, 5) is 2.63. The van der Waals surface area contributed by atoms with Crippen molar-refractivity contribution < 1.29 is 4.74 Å². The summed E-state index contributed by atoms with van der Waals surface area (Å²) in [6.07, 6.45) is 5.05. The number of hydrogen-bond donors (Lipinski definition) is 1. The summed E-state index contributed by atoms with van der Waals surface area (Å²) in [5, 5.41) is 3.56. The fourth-order valence-corrected chi connectivity index (χ4v) is 4.33. The van der Waals surface area contributed by atoms with Crippen LogP contribution >= 0.6 is 0 Å². The lowest BCUT2D eigenvalue weighted by molar-refractivity contribution is 0.183. The Morgan fingerprint density at radius 2 is 1.52 bits per heavy atom. The molecule has 1 N–H and O–H groups in total. The Hall–Kier alpha value is -2.78. The summed E-state index contributed by atoms with van der Waals surface area (Å²) in [5.41, 5.74) is 3.81. The highest BCUT2D eigenvalue weighted by atomic mass is 16.5. The van der Waals surface area contributed by atoms with E-state index in [0.717, 1.165) is 23.9 Å². The summed E-state index contributed by atoms with van der Waals surface area (Å²) < 4.78 is 5.94. The van der Waals surface area contributed by atoms with Crippen molar-refractivity contribution in [3.8, 4) is 5.75 Å². The van der Waals surface area contributed by atoms with Gasteiger partial charge < -0.3 is 15.0 Å². The van der Waals surface area contributed by atoms with Crippen LogP contribution < -0.4 is 10.1 Å². The molecular weight excluding hydrogens is 380 g/mol. The molecule has 0 aromatic heterocycles. The maximum atomic E-state index is 5.94. The molecule has 1 fully saturated rings. The van der Waals surface area contributed by atoms with E-state index in [1.807, 2.05) is 24.3 Å². The lowest BCUT2D eigenvalue weighted by atomic mass is 9.90. The second-order valence-corrected chi connectivity index (χ2v) is 8.56. The van der Waals surface area contributed by atoms with E-state index in [9.17, 15) is 0 Å². The Bertz CT molecular complexity index is 889. The summed E-state index contributed by atoms with van der Waals surface area (Å²) in [6, 6.07) is 29.5. The van der Waals surface area contributed by atoms with Crippen molar-refractivity contribution in [2.45, 2.75) is 32.3 Å². The molecule has 31 heavy (non-hydrogen) atoms. The minimum atomic E-state index is 0.602. The molecule has 0 bridgehead atoms. The van der Waals surface area contributed by atoms with Gasteiger partial charge in [-0.05, 0) is 74.5 Å². The van der Waals surface area contributed by atoms with Gasteiger partial charge in [-0.3, -0.25) is 0 Å². The zero-order valence-corrected chi connectivity index (χ0v) is 18.4. The smallest absolute Gasteiger partial charge is 0.121 e. The Morgan fingerprint density at radius 3 is 2.26 bits per heavy atom. The van der Waals surface area contributed by atoms with Crippen molar-refractivity contribution in [1.29, 1.82) is 0 Å². The van der Waals surface area contributed by atoms with Gasteiger partial charge in [0.1, 0.15) is 12.4 Å². The number of piperidine rings is 1. The number of benzene rings is 3. The zero-order chi connectivity index (χ0) is 21.1. The molecule has 0 saturated carbocycles. The van der Waals surface area contributed by atoms with E-state index in [2.05, 4.69) is 70.9 Å². The summed E-state index contributed by atoms with van der Waals surface area (Å²) in [7, 11) is 0. The third kappa shape index (κ3) is 7.15. The molecule has 1 aliphatic heterocycles. The highest BCUT2D eigenvalue weighted by Gasteiger charge is 2.18. The number of nitrogens with one attached hydrogen (secondary N) is 1. The van der Waals surface area contributed by atoms with E-state index in [0.29, 0.717) is 6.61 Å². The summed E-state index contributed by atoms with van der Waals surface area (Å²) in [5.74, 6) is 1.75. The van der Waals surface area contributed by atoms with Gasteiger partial charge in [0.05, 0.1) is 0 Å². The van der Waals surface area contributed by atoms with Crippen molar-refractivity contribution in [2.75, 3.05) is 31.5 Å². The van der Waals surface area contributed by atoms with Crippen molar-refractivity contribution >= 4 is 5.69 Å². The maximum Gasteiger partial charge on any atom is 0.121 e. The molecule has 1 heterocycles. The topological polar surface area (TPSA) is 24.5 Å². The Balaban J connectivity index is 1.12. The number of anilines is 1. The predicted octanol–water partition coefficient (Wildman–Crippen LogP) is 6.02. The Kier molecular flexibility index (Phi) is 8.01. The highest BCUT2D eigenvalue weighted by molar-refractivity contribution is 5.48. The van der Waals surface area contributed by atoms with Crippen LogP contribution in [0.15, 0.2) is 84.9 Å². The molecule has 0 atom stereocenters. The Labute approximate surface area is 187 Å². The van der Waals surface area contributed by atoms with Crippen LogP contribution in [-0.4, -0.2) is 31.1 Å². The normalized spacial score (nSPS) is 15.0. The first-order chi connectivity index (χ1) is 15.3. The minimum Gasteiger partial charge on any atom is -0.489 e. The van der Waals surface area contributed by atoms with Gasteiger partial charge in [-0.15, -0.1) is 0 Å². The Morgan fingerprint density at radius 1 is 0.806 bits per heavy atom. The largest absolute Gasteiger partial charge is 0.489 e. The molecule has 0 spiro atoms. The number of nitrogens with zero attached hydrogens (tertiary/aromatic N) is 1. The van der Waals surface area contributed by atoms with Crippen LogP contribution in [0.4, 0.5) is 5.69 Å². The third-order valence-corrected chi connectivity index (χ3v) is 6.14. The highest BCUT2D eigenvalue weighted by Crippen LogP contribution is 2.22. The van der Waals surface area contributed by atoms with E-state index in [4.69, 9.17) is 4.74 Å². The first kappa shape index (κ1) is 21.5. The molecule has 1 aliphatic rings. The van der Waals surface area contributed by atoms with E-state index >= 15 is 0 Å². The van der Waals surface area contributed by atoms with Gasteiger partial charge in [0.25, 0.3) is 0 Å². The van der Waals surface area contributed by atoms with Crippen LogP contribution in [0.25, 0.3) is 0 Å². The van der Waals surface area contributed by atoms with E-state index in [1.54, 1.807) is 0 Å². The van der Waals surface area contributed by atoms with E-state index in [-0.39, 0.29) is 0 Å². The van der Waals surface area contributed by atoms with Crippen molar-refractivity contribution in [3.05, 3.63) is 96.1 Å². The minimum absolute atomic E-state index is 0.602. The molecule has 4 rings (SSSR count). The molecule has 0 aliphatic carbocycles. The zero-order valence-electron chi connectivity index (χ0n) is 18.4. The number of ether oxygens (including phenoxy) is 1. The first-order valence-corrected chi connectivity index (χ1v) is 11.6.